The molecule has 4 nitrogen and oxygen atoms in total. The SMILES string of the molecule is O=C1c2ccccc2C(=O)N1CCNC12CC3CC(CC(C3)C1)C2. The van der Waals surface area contributed by atoms with E-state index in [0.29, 0.717) is 17.7 Å². The van der Waals surface area contributed by atoms with E-state index >= 15 is 0 Å². The van der Waals surface area contributed by atoms with Gasteiger partial charge in [0.05, 0.1) is 11.1 Å². The second-order valence-corrected chi connectivity index (χ2v) is 8.43. The molecule has 1 aromatic carbocycles. The van der Waals surface area contributed by atoms with E-state index in [-0.39, 0.29) is 17.4 Å². The van der Waals surface area contributed by atoms with Gasteiger partial charge in [0.1, 0.15) is 0 Å². The smallest absolute Gasteiger partial charge is 0.261 e. The Kier molecular flexibility index (Phi) is 3.15. The maximum Gasteiger partial charge on any atom is 0.261 e. The Balaban J connectivity index is 1.25. The molecule has 4 bridgehead atoms. The monoisotopic (exact) mass is 324 g/mol. The first-order valence-corrected chi connectivity index (χ1v) is 9.34. The lowest BCUT2D eigenvalue weighted by molar-refractivity contribution is -0.0200. The minimum Gasteiger partial charge on any atom is -0.309 e. The number of fused-ring (bicyclic) bond motifs is 1. The Morgan fingerprint density at radius 3 is 1.92 bits per heavy atom. The zero-order valence-electron chi connectivity index (χ0n) is 14.0. The standard InChI is InChI=1S/C20H24N2O2/c23-18-16-3-1-2-4-17(16)19(24)22(18)6-5-21-20-10-13-7-14(11-20)9-15(8-13)12-20/h1-4,13-15,21H,5-12H2. The van der Waals surface area contributed by atoms with Crippen molar-refractivity contribution in [1.29, 1.82) is 0 Å². The van der Waals surface area contributed by atoms with Crippen LogP contribution in [0.5, 0.6) is 0 Å². The molecule has 5 aliphatic rings. The summed E-state index contributed by atoms with van der Waals surface area (Å²) in [5.41, 5.74) is 1.39. The summed E-state index contributed by atoms with van der Waals surface area (Å²) in [5.74, 6) is 2.44. The third-order valence-electron chi connectivity index (χ3n) is 6.75. The molecule has 0 saturated heterocycles. The summed E-state index contributed by atoms with van der Waals surface area (Å²) < 4.78 is 0. The van der Waals surface area contributed by atoms with Crippen LogP contribution in [0.4, 0.5) is 0 Å². The molecule has 4 aliphatic carbocycles. The van der Waals surface area contributed by atoms with Crippen LogP contribution in [-0.2, 0) is 0 Å². The van der Waals surface area contributed by atoms with Crippen LogP contribution in [0.15, 0.2) is 24.3 Å². The van der Waals surface area contributed by atoms with Crippen LogP contribution in [0.3, 0.4) is 0 Å². The van der Waals surface area contributed by atoms with E-state index in [0.717, 1.165) is 24.3 Å². The second-order valence-electron chi connectivity index (χ2n) is 8.43. The van der Waals surface area contributed by atoms with E-state index < -0.39 is 0 Å². The number of nitrogens with one attached hydrogen (secondary N) is 1. The summed E-state index contributed by atoms with van der Waals surface area (Å²) in [4.78, 5) is 26.3. The fraction of sp³-hybridized carbons (Fsp3) is 0.600. The van der Waals surface area contributed by atoms with Gasteiger partial charge in [0.25, 0.3) is 11.8 Å². The summed E-state index contributed by atoms with van der Waals surface area (Å²) in [7, 11) is 0. The average Bonchev–Trinajstić information content (AvgIpc) is 2.79. The normalized spacial score (nSPS) is 36.5. The second kappa shape index (κ2) is 5.16. The molecule has 1 aliphatic heterocycles. The molecular formula is C20H24N2O2. The zero-order chi connectivity index (χ0) is 16.3. The first kappa shape index (κ1) is 14.6. The van der Waals surface area contributed by atoms with Gasteiger partial charge < -0.3 is 5.32 Å². The molecule has 1 N–H and O–H groups in total. The molecule has 24 heavy (non-hydrogen) atoms. The van der Waals surface area contributed by atoms with Gasteiger partial charge in [0.15, 0.2) is 0 Å². The molecule has 4 heteroatoms. The van der Waals surface area contributed by atoms with Crippen molar-refractivity contribution in [3.63, 3.8) is 0 Å². The largest absolute Gasteiger partial charge is 0.309 e. The van der Waals surface area contributed by atoms with Crippen molar-refractivity contribution in [2.75, 3.05) is 13.1 Å². The van der Waals surface area contributed by atoms with Crippen molar-refractivity contribution in [1.82, 2.24) is 10.2 Å². The van der Waals surface area contributed by atoms with Crippen LogP contribution in [0.1, 0.15) is 59.2 Å². The molecule has 4 fully saturated rings. The first-order chi connectivity index (χ1) is 11.6. The number of benzene rings is 1. The summed E-state index contributed by atoms with van der Waals surface area (Å²) in [6, 6.07) is 7.15. The van der Waals surface area contributed by atoms with Crippen molar-refractivity contribution in [3.8, 4) is 0 Å². The number of hydrogen-bond acceptors (Lipinski definition) is 3. The molecule has 2 amide bonds. The molecule has 0 unspecified atom stereocenters. The molecule has 0 aromatic heterocycles. The molecule has 126 valence electrons. The molecule has 6 rings (SSSR count). The minimum absolute atomic E-state index is 0.136. The van der Waals surface area contributed by atoms with Crippen LogP contribution in [0.2, 0.25) is 0 Å². The van der Waals surface area contributed by atoms with Crippen LogP contribution >= 0.6 is 0 Å². The number of hydrogen-bond donors (Lipinski definition) is 1. The minimum atomic E-state index is -0.136. The summed E-state index contributed by atoms with van der Waals surface area (Å²) in [6.07, 6.45) is 8.17. The molecular weight excluding hydrogens is 300 g/mol. The third-order valence-corrected chi connectivity index (χ3v) is 6.75. The van der Waals surface area contributed by atoms with Crippen molar-refractivity contribution < 1.29 is 9.59 Å². The summed E-state index contributed by atoms with van der Waals surface area (Å²) in [6.45, 7) is 1.20. The Labute approximate surface area is 142 Å². The predicted molar refractivity (Wildman–Crippen MR) is 90.7 cm³/mol. The van der Waals surface area contributed by atoms with Crippen molar-refractivity contribution in [2.24, 2.45) is 17.8 Å². The fourth-order valence-electron chi connectivity index (χ4n) is 6.20. The molecule has 1 heterocycles. The lowest BCUT2D eigenvalue weighted by Gasteiger charge is -2.57. The van der Waals surface area contributed by atoms with Gasteiger partial charge in [-0.3, -0.25) is 14.5 Å². The number of carbonyl (C=O) groups excluding carboxylic acids is 2. The highest BCUT2D eigenvalue weighted by Crippen LogP contribution is 2.55. The number of rotatable bonds is 4. The van der Waals surface area contributed by atoms with Gasteiger partial charge in [-0.1, -0.05) is 12.1 Å². The third kappa shape index (κ3) is 2.16. The maximum absolute atomic E-state index is 12.4. The zero-order valence-corrected chi connectivity index (χ0v) is 14.0. The van der Waals surface area contributed by atoms with E-state index in [2.05, 4.69) is 5.32 Å². The first-order valence-electron chi connectivity index (χ1n) is 9.34. The van der Waals surface area contributed by atoms with Gasteiger partial charge in [0, 0.05) is 18.6 Å². The summed E-state index contributed by atoms with van der Waals surface area (Å²) >= 11 is 0. The van der Waals surface area contributed by atoms with Gasteiger partial charge >= 0.3 is 0 Å². The maximum atomic E-state index is 12.4. The quantitative estimate of drug-likeness (QED) is 0.867. The fourth-order valence-corrected chi connectivity index (χ4v) is 6.20. The van der Waals surface area contributed by atoms with E-state index in [1.165, 1.54) is 43.4 Å². The molecule has 1 aromatic rings. The number of amides is 2. The van der Waals surface area contributed by atoms with E-state index in [4.69, 9.17) is 0 Å². The lowest BCUT2D eigenvalue weighted by Crippen LogP contribution is -2.59. The number of nitrogens with zero attached hydrogens (tertiary/aromatic N) is 1. The highest BCUT2D eigenvalue weighted by molar-refractivity contribution is 6.21. The highest BCUT2D eigenvalue weighted by atomic mass is 16.2. The van der Waals surface area contributed by atoms with Gasteiger partial charge in [-0.15, -0.1) is 0 Å². The predicted octanol–water partition coefficient (Wildman–Crippen LogP) is 2.84. The van der Waals surface area contributed by atoms with E-state index in [9.17, 15) is 9.59 Å². The van der Waals surface area contributed by atoms with Gasteiger partial charge in [-0.25, -0.2) is 0 Å². The Morgan fingerprint density at radius 2 is 1.42 bits per heavy atom. The molecule has 4 saturated carbocycles. The number of imide groups is 1. The Morgan fingerprint density at radius 1 is 0.917 bits per heavy atom. The summed E-state index contributed by atoms with van der Waals surface area (Å²) in [5, 5.41) is 3.78. The van der Waals surface area contributed by atoms with Crippen molar-refractivity contribution in [2.45, 2.75) is 44.1 Å². The lowest BCUT2D eigenvalue weighted by atomic mass is 9.53. The van der Waals surface area contributed by atoms with Crippen LogP contribution in [0.25, 0.3) is 0 Å². The average molecular weight is 324 g/mol. The van der Waals surface area contributed by atoms with Crippen LogP contribution in [-0.4, -0.2) is 35.3 Å². The molecule has 0 radical (unpaired) electrons. The molecule has 0 spiro atoms. The molecule has 0 atom stereocenters. The van der Waals surface area contributed by atoms with E-state index in [1.54, 1.807) is 12.1 Å². The van der Waals surface area contributed by atoms with E-state index in [1.807, 2.05) is 12.1 Å². The topological polar surface area (TPSA) is 49.4 Å². The van der Waals surface area contributed by atoms with Crippen LogP contribution in [0, 0.1) is 17.8 Å². The Hall–Kier alpha value is -1.68. The van der Waals surface area contributed by atoms with Gasteiger partial charge in [0.2, 0.25) is 0 Å². The van der Waals surface area contributed by atoms with Gasteiger partial charge in [-0.2, -0.15) is 0 Å². The van der Waals surface area contributed by atoms with Crippen molar-refractivity contribution >= 4 is 11.8 Å². The number of carbonyl (C=O) groups is 2. The van der Waals surface area contributed by atoms with Gasteiger partial charge in [-0.05, 0) is 68.4 Å². The van der Waals surface area contributed by atoms with Crippen LogP contribution < -0.4 is 5.32 Å². The van der Waals surface area contributed by atoms with Crippen molar-refractivity contribution in [3.05, 3.63) is 35.4 Å². The Bertz CT molecular complexity index is 641. The highest BCUT2D eigenvalue weighted by Gasteiger charge is 2.50.